The number of hydrogen-bond acceptors (Lipinski definition) is 3. The molecule has 1 fully saturated rings. The number of rotatable bonds is 9. The summed E-state index contributed by atoms with van der Waals surface area (Å²) in [4.78, 5) is 11.4. The van der Waals surface area contributed by atoms with E-state index in [1.54, 1.807) is 7.11 Å². The van der Waals surface area contributed by atoms with Gasteiger partial charge in [0, 0.05) is 26.9 Å². The Labute approximate surface area is 97.7 Å². The Balaban J connectivity index is 2.07. The quantitative estimate of drug-likeness (QED) is 0.607. The predicted octanol–water partition coefficient (Wildman–Crippen LogP) is 1.35. The van der Waals surface area contributed by atoms with Crippen LogP contribution in [0.1, 0.15) is 32.6 Å². The zero-order valence-corrected chi connectivity index (χ0v) is 10.4. The van der Waals surface area contributed by atoms with Crippen LogP contribution in [-0.4, -0.2) is 39.4 Å². The molecule has 94 valence electrons. The van der Waals surface area contributed by atoms with Crippen molar-refractivity contribution in [1.82, 2.24) is 5.32 Å². The summed E-state index contributed by atoms with van der Waals surface area (Å²) in [5, 5.41) is 2.93. The maximum atomic E-state index is 11.4. The van der Waals surface area contributed by atoms with Crippen LogP contribution in [0, 0.1) is 5.41 Å². The van der Waals surface area contributed by atoms with Gasteiger partial charge < -0.3 is 14.8 Å². The Morgan fingerprint density at radius 3 is 2.69 bits per heavy atom. The highest BCUT2D eigenvalue weighted by Gasteiger charge is 2.41. The highest BCUT2D eigenvalue weighted by Crippen LogP contribution is 2.48. The number of nitrogens with one attached hydrogen (secondary N) is 1. The molecule has 0 spiro atoms. The normalized spacial score (nSPS) is 17.1. The van der Waals surface area contributed by atoms with Crippen molar-refractivity contribution in [3.8, 4) is 0 Å². The lowest BCUT2D eigenvalue weighted by molar-refractivity contribution is -0.126. The minimum atomic E-state index is -0.00265. The molecule has 0 radical (unpaired) electrons. The topological polar surface area (TPSA) is 47.6 Å². The second-order valence-corrected chi connectivity index (χ2v) is 4.57. The van der Waals surface area contributed by atoms with E-state index < -0.39 is 0 Å². The van der Waals surface area contributed by atoms with E-state index >= 15 is 0 Å². The molecule has 1 rings (SSSR count). The van der Waals surface area contributed by atoms with E-state index in [-0.39, 0.29) is 12.5 Å². The highest BCUT2D eigenvalue weighted by atomic mass is 16.5. The summed E-state index contributed by atoms with van der Waals surface area (Å²) in [5.74, 6) is -0.00265. The SMILES string of the molecule is CCCOCC(=O)NCC1(CCOC)CC1. The van der Waals surface area contributed by atoms with Crippen LogP contribution in [0.4, 0.5) is 0 Å². The summed E-state index contributed by atoms with van der Waals surface area (Å²) in [7, 11) is 1.72. The molecule has 1 N–H and O–H groups in total. The molecule has 0 aromatic rings. The Morgan fingerprint density at radius 2 is 2.12 bits per heavy atom. The van der Waals surface area contributed by atoms with Gasteiger partial charge in [-0.25, -0.2) is 0 Å². The van der Waals surface area contributed by atoms with Crippen LogP contribution in [0.25, 0.3) is 0 Å². The second-order valence-electron chi connectivity index (χ2n) is 4.57. The molecular weight excluding hydrogens is 206 g/mol. The Bertz CT molecular complexity index is 214. The number of methoxy groups -OCH3 is 1. The Kier molecular flexibility index (Phi) is 5.77. The van der Waals surface area contributed by atoms with Crippen molar-refractivity contribution < 1.29 is 14.3 Å². The smallest absolute Gasteiger partial charge is 0.246 e. The zero-order valence-electron chi connectivity index (χ0n) is 10.4. The fraction of sp³-hybridized carbons (Fsp3) is 0.917. The minimum absolute atomic E-state index is 0.00265. The monoisotopic (exact) mass is 229 g/mol. The van der Waals surface area contributed by atoms with Gasteiger partial charge in [0.1, 0.15) is 6.61 Å². The van der Waals surface area contributed by atoms with Crippen LogP contribution in [0.15, 0.2) is 0 Å². The van der Waals surface area contributed by atoms with Gasteiger partial charge >= 0.3 is 0 Å². The third-order valence-corrected chi connectivity index (χ3v) is 3.04. The van der Waals surface area contributed by atoms with Crippen molar-refractivity contribution >= 4 is 5.91 Å². The fourth-order valence-electron chi connectivity index (χ4n) is 1.66. The van der Waals surface area contributed by atoms with Gasteiger partial charge in [-0.1, -0.05) is 6.92 Å². The van der Waals surface area contributed by atoms with Crippen LogP contribution in [0.3, 0.4) is 0 Å². The van der Waals surface area contributed by atoms with Gasteiger partial charge in [0.2, 0.25) is 5.91 Å². The molecule has 4 heteroatoms. The first kappa shape index (κ1) is 13.5. The van der Waals surface area contributed by atoms with Crippen molar-refractivity contribution in [2.45, 2.75) is 32.6 Å². The Hall–Kier alpha value is -0.610. The van der Waals surface area contributed by atoms with Crippen molar-refractivity contribution in [2.75, 3.05) is 33.5 Å². The number of carbonyl (C=O) groups is 1. The summed E-state index contributed by atoms with van der Waals surface area (Å²) in [5.41, 5.74) is 0.316. The standard InChI is InChI=1S/C12H23NO3/c1-3-7-16-9-11(14)13-10-12(4-5-12)6-8-15-2/h3-10H2,1-2H3,(H,13,14). The van der Waals surface area contributed by atoms with Gasteiger partial charge in [0.15, 0.2) is 0 Å². The average molecular weight is 229 g/mol. The van der Waals surface area contributed by atoms with E-state index in [4.69, 9.17) is 9.47 Å². The largest absolute Gasteiger partial charge is 0.385 e. The molecule has 1 saturated carbocycles. The fourth-order valence-corrected chi connectivity index (χ4v) is 1.66. The summed E-state index contributed by atoms with van der Waals surface area (Å²) in [6.07, 6.45) is 4.39. The number of amides is 1. The molecule has 1 amide bonds. The van der Waals surface area contributed by atoms with Gasteiger partial charge in [-0.05, 0) is 31.1 Å². The highest BCUT2D eigenvalue weighted by molar-refractivity contribution is 5.77. The van der Waals surface area contributed by atoms with E-state index in [1.807, 2.05) is 6.92 Å². The van der Waals surface area contributed by atoms with Crippen LogP contribution in [-0.2, 0) is 14.3 Å². The van der Waals surface area contributed by atoms with E-state index in [0.29, 0.717) is 12.0 Å². The van der Waals surface area contributed by atoms with Crippen LogP contribution >= 0.6 is 0 Å². The first-order valence-electron chi connectivity index (χ1n) is 6.06. The molecule has 1 aliphatic rings. The molecule has 0 aromatic heterocycles. The molecule has 0 aliphatic heterocycles. The summed E-state index contributed by atoms with van der Waals surface area (Å²) < 4.78 is 10.2. The first-order valence-corrected chi connectivity index (χ1v) is 6.06. The lowest BCUT2D eigenvalue weighted by Crippen LogP contribution is -2.33. The van der Waals surface area contributed by atoms with Gasteiger partial charge in [0.05, 0.1) is 0 Å². The summed E-state index contributed by atoms with van der Waals surface area (Å²) in [6, 6.07) is 0. The lowest BCUT2D eigenvalue weighted by atomic mass is 10.0. The minimum Gasteiger partial charge on any atom is -0.385 e. The molecule has 0 saturated heterocycles. The number of ether oxygens (including phenoxy) is 2. The summed E-state index contributed by atoms with van der Waals surface area (Å²) >= 11 is 0. The molecule has 16 heavy (non-hydrogen) atoms. The zero-order chi connectivity index (χ0) is 11.9. The second kappa shape index (κ2) is 6.86. The molecule has 0 atom stereocenters. The summed E-state index contributed by atoms with van der Waals surface area (Å²) in [6.45, 7) is 4.42. The molecule has 1 aliphatic carbocycles. The maximum absolute atomic E-state index is 11.4. The third kappa shape index (κ3) is 4.94. The third-order valence-electron chi connectivity index (χ3n) is 3.04. The van der Waals surface area contributed by atoms with Gasteiger partial charge in [-0.3, -0.25) is 4.79 Å². The molecule has 0 unspecified atom stereocenters. The first-order chi connectivity index (χ1) is 7.72. The van der Waals surface area contributed by atoms with Gasteiger partial charge in [0.25, 0.3) is 0 Å². The van der Waals surface area contributed by atoms with Gasteiger partial charge in [-0.15, -0.1) is 0 Å². The maximum Gasteiger partial charge on any atom is 0.246 e. The van der Waals surface area contributed by atoms with Gasteiger partial charge in [-0.2, -0.15) is 0 Å². The van der Waals surface area contributed by atoms with E-state index in [0.717, 1.165) is 26.0 Å². The van der Waals surface area contributed by atoms with Crippen molar-refractivity contribution in [3.63, 3.8) is 0 Å². The molecule has 0 bridgehead atoms. The molecular formula is C12H23NO3. The number of hydrogen-bond donors (Lipinski definition) is 1. The van der Waals surface area contributed by atoms with Crippen molar-refractivity contribution in [1.29, 1.82) is 0 Å². The van der Waals surface area contributed by atoms with Crippen LogP contribution in [0.2, 0.25) is 0 Å². The van der Waals surface area contributed by atoms with Crippen molar-refractivity contribution in [3.05, 3.63) is 0 Å². The van der Waals surface area contributed by atoms with Crippen LogP contribution in [0.5, 0.6) is 0 Å². The predicted molar refractivity (Wildman–Crippen MR) is 62.3 cm³/mol. The molecule has 0 heterocycles. The van der Waals surface area contributed by atoms with E-state index in [1.165, 1.54) is 12.8 Å². The van der Waals surface area contributed by atoms with E-state index in [2.05, 4.69) is 5.32 Å². The number of carbonyl (C=O) groups excluding carboxylic acids is 1. The van der Waals surface area contributed by atoms with Crippen molar-refractivity contribution in [2.24, 2.45) is 5.41 Å². The molecule has 4 nitrogen and oxygen atoms in total. The Morgan fingerprint density at radius 1 is 1.38 bits per heavy atom. The van der Waals surface area contributed by atoms with Crippen LogP contribution < -0.4 is 5.32 Å². The van der Waals surface area contributed by atoms with E-state index in [9.17, 15) is 4.79 Å². The average Bonchev–Trinajstić information content (AvgIpc) is 3.05. The lowest BCUT2D eigenvalue weighted by Gasteiger charge is -2.15. The molecule has 0 aromatic carbocycles.